The van der Waals surface area contributed by atoms with Gasteiger partial charge in [0, 0.05) is 18.3 Å². The van der Waals surface area contributed by atoms with Crippen molar-refractivity contribution in [1.82, 2.24) is 4.98 Å². The summed E-state index contributed by atoms with van der Waals surface area (Å²) < 4.78 is 35.7. The second kappa shape index (κ2) is 4.26. The SMILES string of the molecule is NCc1cccnc1NC(=O)C(F)(F)F. The van der Waals surface area contributed by atoms with Crippen molar-refractivity contribution in [2.45, 2.75) is 12.7 Å². The highest BCUT2D eigenvalue weighted by Crippen LogP contribution is 2.18. The van der Waals surface area contributed by atoms with Gasteiger partial charge in [0.05, 0.1) is 0 Å². The largest absolute Gasteiger partial charge is 0.471 e. The third-order valence-corrected chi connectivity index (χ3v) is 1.60. The summed E-state index contributed by atoms with van der Waals surface area (Å²) in [6, 6.07) is 3.00. The van der Waals surface area contributed by atoms with Crippen LogP contribution < -0.4 is 11.1 Å². The van der Waals surface area contributed by atoms with Crippen LogP contribution in [0, 0.1) is 0 Å². The topological polar surface area (TPSA) is 68.0 Å². The van der Waals surface area contributed by atoms with Gasteiger partial charge in [-0.3, -0.25) is 4.79 Å². The number of nitrogens with zero attached hydrogens (tertiary/aromatic N) is 1. The van der Waals surface area contributed by atoms with Crippen molar-refractivity contribution in [2.75, 3.05) is 5.32 Å². The summed E-state index contributed by atoms with van der Waals surface area (Å²) in [6.45, 7) is 0.00130. The summed E-state index contributed by atoms with van der Waals surface area (Å²) in [5.74, 6) is -2.22. The van der Waals surface area contributed by atoms with Gasteiger partial charge >= 0.3 is 12.1 Å². The smallest absolute Gasteiger partial charge is 0.326 e. The van der Waals surface area contributed by atoms with E-state index in [1.165, 1.54) is 18.3 Å². The van der Waals surface area contributed by atoms with Crippen LogP contribution in [0.3, 0.4) is 0 Å². The van der Waals surface area contributed by atoms with Crippen LogP contribution in [0.1, 0.15) is 5.56 Å². The molecule has 0 saturated heterocycles. The molecule has 4 nitrogen and oxygen atoms in total. The zero-order valence-electron chi connectivity index (χ0n) is 7.51. The van der Waals surface area contributed by atoms with Gasteiger partial charge in [-0.05, 0) is 6.07 Å². The van der Waals surface area contributed by atoms with Crippen LogP contribution in [0.25, 0.3) is 0 Å². The number of anilines is 1. The molecule has 1 amide bonds. The number of amides is 1. The number of carbonyl (C=O) groups excluding carboxylic acids is 1. The molecule has 0 aliphatic rings. The van der Waals surface area contributed by atoms with E-state index in [4.69, 9.17) is 5.73 Å². The van der Waals surface area contributed by atoms with Crippen molar-refractivity contribution < 1.29 is 18.0 Å². The predicted octanol–water partition coefficient (Wildman–Crippen LogP) is 1.04. The van der Waals surface area contributed by atoms with Crippen LogP contribution in [-0.4, -0.2) is 17.1 Å². The van der Waals surface area contributed by atoms with Crippen molar-refractivity contribution in [3.63, 3.8) is 0 Å². The number of hydrogen-bond donors (Lipinski definition) is 2. The molecule has 1 aromatic rings. The number of carbonyl (C=O) groups is 1. The number of nitrogens with two attached hydrogens (primary N) is 1. The Balaban J connectivity index is 2.85. The molecule has 0 radical (unpaired) electrons. The van der Waals surface area contributed by atoms with Gasteiger partial charge < -0.3 is 11.1 Å². The molecule has 7 heteroatoms. The highest BCUT2D eigenvalue weighted by atomic mass is 19.4. The maximum Gasteiger partial charge on any atom is 0.471 e. The predicted molar refractivity (Wildman–Crippen MR) is 46.8 cm³/mol. The molecule has 3 N–H and O–H groups in total. The third-order valence-electron chi connectivity index (χ3n) is 1.60. The second-order valence-corrected chi connectivity index (χ2v) is 2.67. The molecule has 1 heterocycles. The minimum absolute atomic E-state index is 0.00130. The maximum absolute atomic E-state index is 11.9. The summed E-state index contributed by atoms with van der Waals surface area (Å²) >= 11 is 0. The molecule has 0 bridgehead atoms. The van der Waals surface area contributed by atoms with Crippen molar-refractivity contribution in [2.24, 2.45) is 5.73 Å². The Morgan fingerprint density at radius 3 is 2.73 bits per heavy atom. The minimum Gasteiger partial charge on any atom is -0.326 e. The van der Waals surface area contributed by atoms with E-state index >= 15 is 0 Å². The monoisotopic (exact) mass is 219 g/mol. The van der Waals surface area contributed by atoms with E-state index in [2.05, 4.69) is 4.98 Å². The highest BCUT2D eigenvalue weighted by molar-refractivity contribution is 5.94. The zero-order valence-corrected chi connectivity index (χ0v) is 7.51. The minimum atomic E-state index is -4.93. The average Bonchev–Trinajstić information content (AvgIpc) is 2.17. The van der Waals surface area contributed by atoms with Gasteiger partial charge in [-0.25, -0.2) is 4.98 Å². The average molecular weight is 219 g/mol. The lowest BCUT2D eigenvalue weighted by molar-refractivity contribution is -0.167. The highest BCUT2D eigenvalue weighted by Gasteiger charge is 2.39. The second-order valence-electron chi connectivity index (χ2n) is 2.67. The van der Waals surface area contributed by atoms with Crippen molar-refractivity contribution in [1.29, 1.82) is 0 Å². The molecule has 0 spiro atoms. The van der Waals surface area contributed by atoms with Crippen LogP contribution in [0.4, 0.5) is 19.0 Å². The van der Waals surface area contributed by atoms with Gasteiger partial charge in [-0.1, -0.05) is 6.07 Å². The van der Waals surface area contributed by atoms with Crippen molar-refractivity contribution in [3.05, 3.63) is 23.9 Å². The fourth-order valence-electron chi connectivity index (χ4n) is 0.894. The van der Waals surface area contributed by atoms with E-state index in [1.807, 2.05) is 0 Å². The summed E-state index contributed by atoms with van der Waals surface area (Å²) in [5, 5.41) is 1.65. The molecule has 0 saturated carbocycles. The number of pyridine rings is 1. The first-order valence-electron chi connectivity index (χ1n) is 3.97. The number of hydrogen-bond acceptors (Lipinski definition) is 3. The van der Waals surface area contributed by atoms with Gasteiger partial charge in [0.1, 0.15) is 5.82 Å². The Kier molecular flexibility index (Phi) is 3.25. The van der Waals surface area contributed by atoms with Gasteiger partial charge in [-0.2, -0.15) is 13.2 Å². The van der Waals surface area contributed by atoms with Crippen LogP contribution in [-0.2, 0) is 11.3 Å². The van der Waals surface area contributed by atoms with Gasteiger partial charge in [0.15, 0.2) is 0 Å². The lowest BCUT2D eigenvalue weighted by Crippen LogP contribution is -2.30. The number of halogens is 3. The Morgan fingerprint density at radius 2 is 2.20 bits per heavy atom. The standard InChI is InChI=1S/C8H8F3N3O/c9-8(10,11)7(15)14-6-5(4-12)2-1-3-13-6/h1-3H,4,12H2,(H,13,14,15). The Hall–Kier alpha value is -1.63. The Bertz CT molecular complexity index is 364. The molecule has 1 aromatic heterocycles. The van der Waals surface area contributed by atoms with E-state index < -0.39 is 12.1 Å². The summed E-state index contributed by atoms with van der Waals surface area (Å²) in [7, 11) is 0. The molecule has 0 aliphatic carbocycles. The lowest BCUT2D eigenvalue weighted by Gasteiger charge is -2.09. The number of nitrogens with one attached hydrogen (secondary N) is 1. The molecule has 15 heavy (non-hydrogen) atoms. The molecule has 1 rings (SSSR count). The summed E-state index contributed by atoms with van der Waals surface area (Å²) in [5.41, 5.74) is 5.61. The van der Waals surface area contributed by atoms with Crippen molar-refractivity contribution in [3.8, 4) is 0 Å². The lowest BCUT2D eigenvalue weighted by atomic mass is 10.2. The molecular weight excluding hydrogens is 211 g/mol. The van der Waals surface area contributed by atoms with E-state index in [0.29, 0.717) is 5.56 Å². The molecular formula is C8H8F3N3O. The molecule has 0 unspecified atom stereocenters. The van der Waals surface area contributed by atoms with E-state index in [0.717, 1.165) is 0 Å². The molecule has 82 valence electrons. The van der Waals surface area contributed by atoms with Crippen LogP contribution in [0.2, 0.25) is 0 Å². The quantitative estimate of drug-likeness (QED) is 0.780. The number of rotatable bonds is 2. The van der Waals surface area contributed by atoms with Crippen molar-refractivity contribution >= 4 is 11.7 Å². The molecule has 0 aromatic carbocycles. The van der Waals surface area contributed by atoms with Gasteiger partial charge in [0.25, 0.3) is 0 Å². The molecule has 0 atom stereocenters. The summed E-state index contributed by atoms with van der Waals surface area (Å²) in [6.07, 6.45) is -3.66. The fraction of sp³-hybridized carbons (Fsp3) is 0.250. The first-order chi connectivity index (χ1) is 6.95. The fourth-order valence-corrected chi connectivity index (χ4v) is 0.894. The zero-order chi connectivity index (χ0) is 11.5. The van der Waals surface area contributed by atoms with Crippen LogP contribution >= 0.6 is 0 Å². The van der Waals surface area contributed by atoms with E-state index in [-0.39, 0.29) is 12.4 Å². The van der Waals surface area contributed by atoms with Gasteiger partial charge in [0.2, 0.25) is 0 Å². The first-order valence-corrected chi connectivity index (χ1v) is 3.97. The third kappa shape index (κ3) is 2.91. The molecule has 0 fully saturated rings. The normalized spacial score (nSPS) is 11.2. The Morgan fingerprint density at radius 1 is 1.53 bits per heavy atom. The molecule has 0 aliphatic heterocycles. The van der Waals surface area contributed by atoms with Gasteiger partial charge in [-0.15, -0.1) is 0 Å². The first kappa shape index (κ1) is 11.4. The number of aromatic nitrogens is 1. The van der Waals surface area contributed by atoms with Crippen LogP contribution in [0.5, 0.6) is 0 Å². The number of alkyl halides is 3. The van der Waals surface area contributed by atoms with E-state index in [9.17, 15) is 18.0 Å². The Labute approximate surface area is 83.3 Å². The van der Waals surface area contributed by atoms with E-state index in [1.54, 1.807) is 5.32 Å². The van der Waals surface area contributed by atoms with Crippen LogP contribution in [0.15, 0.2) is 18.3 Å². The maximum atomic E-state index is 11.9. The summed E-state index contributed by atoms with van der Waals surface area (Å²) in [4.78, 5) is 14.2.